The van der Waals surface area contributed by atoms with Crippen LogP contribution in [0.3, 0.4) is 0 Å². The Kier molecular flexibility index (Phi) is 5.39. The third-order valence-corrected chi connectivity index (χ3v) is 5.79. The molecule has 1 fully saturated rings. The average Bonchev–Trinajstić information content (AvgIpc) is 2.97. The molecule has 7 heteroatoms. The summed E-state index contributed by atoms with van der Waals surface area (Å²) in [6, 6.07) is 7.56. The van der Waals surface area contributed by atoms with E-state index in [2.05, 4.69) is 10.3 Å². The Balaban J connectivity index is 1.68. The molecule has 2 heterocycles. The summed E-state index contributed by atoms with van der Waals surface area (Å²) in [6.45, 7) is 4.81. The van der Waals surface area contributed by atoms with Gasteiger partial charge in [0.25, 0.3) is 5.91 Å². The molecule has 1 aliphatic rings. The van der Waals surface area contributed by atoms with E-state index in [9.17, 15) is 9.59 Å². The molecule has 1 N–H and O–H groups in total. The van der Waals surface area contributed by atoms with Crippen LogP contribution in [0, 0.1) is 6.92 Å². The van der Waals surface area contributed by atoms with Crippen LogP contribution in [-0.2, 0) is 4.79 Å². The lowest BCUT2D eigenvalue weighted by Crippen LogP contribution is -2.45. The maximum atomic E-state index is 12.6. The van der Waals surface area contributed by atoms with Gasteiger partial charge in [-0.05, 0) is 31.9 Å². The number of nitrogens with zero attached hydrogens (tertiary/aromatic N) is 2. The highest BCUT2D eigenvalue weighted by Crippen LogP contribution is 2.29. The summed E-state index contributed by atoms with van der Waals surface area (Å²) in [6.07, 6.45) is 1.56. The van der Waals surface area contributed by atoms with E-state index in [1.807, 2.05) is 36.1 Å². The molecule has 1 aromatic heterocycles. The Hall–Kier alpha value is -1.92. The first-order chi connectivity index (χ1) is 11.9. The molecule has 0 aliphatic carbocycles. The quantitative estimate of drug-likeness (QED) is 0.890. The molecule has 0 atom stereocenters. The van der Waals surface area contributed by atoms with Crippen molar-refractivity contribution in [2.45, 2.75) is 32.7 Å². The Morgan fingerprint density at radius 1 is 1.32 bits per heavy atom. The van der Waals surface area contributed by atoms with Gasteiger partial charge in [-0.25, -0.2) is 4.98 Å². The number of aromatic nitrogens is 1. The number of piperidine rings is 1. The lowest BCUT2D eigenvalue weighted by atomic mass is 10.0. The van der Waals surface area contributed by atoms with Crippen LogP contribution >= 0.6 is 22.9 Å². The largest absolute Gasteiger partial charge is 0.348 e. The van der Waals surface area contributed by atoms with Crippen LogP contribution in [0.25, 0.3) is 10.6 Å². The van der Waals surface area contributed by atoms with Crippen molar-refractivity contribution in [2.75, 3.05) is 13.1 Å². The number of halogens is 1. The SMILES string of the molecule is CC(=O)N1CCC(NC(=O)c2sc(-c3cccc(Cl)c3)nc2C)CC1. The Morgan fingerprint density at radius 2 is 2.04 bits per heavy atom. The summed E-state index contributed by atoms with van der Waals surface area (Å²) >= 11 is 7.41. The first-order valence-electron chi connectivity index (χ1n) is 8.24. The minimum atomic E-state index is -0.0930. The Bertz CT molecular complexity index is 797. The zero-order chi connectivity index (χ0) is 18.0. The molecule has 0 spiro atoms. The summed E-state index contributed by atoms with van der Waals surface area (Å²) < 4.78 is 0. The van der Waals surface area contributed by atoms with Crippen molar-refractivity contribution in [1.82, 2.24) is 15.2 Å². The molecule has 0 bridgehead atoms. The van der Waals surface area contributed by atoms with Crippen LogP contribution in [0.1, 0.15) is 35.1 Å². The smallest absolute Gasteiger partial charge is 0.263 e. The van der Waals surface area contributed by atoms with Gasteiger partial charge in [-0.2, -0.15) is 0 Å². The van der Waals surface area contributed by atoms with Gasteiger partial charge in [0.15, 0.2) is 0 Å². The zero-order valence-corrected chi connectivity index (χ0v) is 15.8. The highest BCUT2D eigenvalue weighted by molar-refractivity contribution is 7.17. The van der Waals surface area contributed by atoms with Crippen molar-refractivity contribution in [2.24, 2.45) is 0 Å². The molecule has 5 nitrogen and oxygen atoms in total. The Morgan fingerprint density at radius 3 is 2.68 bits per heavy atom. The standard InChI is InChI=1S/C18H20ClN3O2S/c1-11-16(25-18(20-11)13-4-3-5-14(19)10-13)17(24)21-15-6-8-22(9-7-15)12(2)23/h3-5,10,15H,6-9H2,1-2H3,(H,21,24). The summed E-state index contributed by atoms with van der Waals surface area (Å²) in [5, 5.41) is 4.51. The van der Waals surface area contributed by atoms with Crippen molar-refractivity contribution < 1.29 is 9.59 Å². The lowest BCUT2D eigenvalue weighted by Gasteiger charge is -2.31. The first-order valence-corrected chi connectivity index (χ1v) is 9.43. The number of carbonyl (C=O) groups excluding carboxylic acids is 2. The van der Waals surface area contributed by atoms with Crippen molar-refractivity contribution >= 4 is 34.8 Å². The van der Waals surface area contributed by atoms with Crippen LogP contribution in [0.4, 0.5) is 0 Å². The number of hydrogen-bond donors (Lipinski definition) is 1. The Labute approximate surface area is 156 Å². The van der Waals surface area contributed by atoms with Gasteiger partial charge in [-0.15, -0.1) is 11.3 Å². The molecule has 2 aromatic rings. The van der Waals surface area contributed by atoms with Gasteiger partial charge in [0.2, 0.25) is 5.91 Å². The maximum Gasteiger partial charge on any atom is 0.263 e. The molecule has 25 heavy (non-hydrogen) atoms. The van der Waals surface area contributed by atoms with Crippen LogP contribution in [-0.4, -0.2) is 40.8 Å². The molecule has 1 saturated heterocycles. The molecular weight excluding hydrogens is 358 g/mol. The second-order valence-corrected chi connectivity index (χ2v) is 7.63. The van der Waals surface area contributed by atoms with Gasteiger partial charge in [0.1, 0.15) is 9.88 Å². The molecule has 132 valence electrons. The van der Waals surface area contributed by atoms with E-state index in [0.717, 1.165) is 29.1 Å². The van der Waals surface area contributed by atoms with Gasteiger partial charge < -0.3 is 10.2 Å². The third-order valence-electron chi connectivity index (χ3n) is 4.35. The normalized spacial score (nSPS) is 15.2. The third kappa shape index (κ3) is 4.19. The van der Waals surface area contributed by atoms with E-state index in [1.54, 1.807) is 6.92 Å². The minimum absolute atomic E-state index is 0.0919. The summed E-state index contributed by atoms with van der Waals surface area (Å²) in [5.41, 5.74) is 1.63. The van der Waals surface area contributed by atoms with Crippen molar-refractivity contribution in [3.05, 3.63) is 39.9 Å². The van der Waals surface area contributed by atoms with Crippen LogP contribution in [0.5, 0.6) is 0 Å². The summed E-state index contributed by atoms with van der Waals surface area (Å²) in [4.78, 5) is 31.0. The summed E-state index contributed by atoms with van der Waals surface area (Å²) in [7, 11) is 0. The van der Waals surface area contributed by atoms with Gasteiger partial charge in [0, 0.05) is 36.6 Å². The fraction of sp³-hybridized carbons (Fsp3) is 0.389. The van der Waals surface area contributed by atoms with E-state index in [1.165, 1.54) is 11.3 Å². The molecule has 1 aromatic carbocycles. The van der Waals surface area contributed by atoms with E-state index in [-0.39, 0.29) is 17.9 Å². The number of carbonyl (C=O) groups is 2. The fourth-order valence-corrected chi connectivity index (χ4v) is 4.10. The predicted molar refractivity (Wildman–Crippen MR) is 100 cm³/mol. The highest BCUT2D eigenvalue weighted by atomic mass is 35.5. The molecule has 0 radical (unpaired) electrons. The van der Waals surface area contributed by atoms with Gasteiger partial charge >= 0.3 is 0 Å². The van der Waals surface area contributed by atoms with Crippen molar-refractivity contribution in [3.8, 4) is 10.6 Å². The van der Waals surface area contributed by atoms with Crippen LogP contribution < -0.4 is 5.32 Å². The topological polar surface area (TPSA) is 62.3 Å². The monoisotopic (exact) mass is 377 g/mol. The molecule has 3 rings (SSSR count). The number of benzene rings is 1. The molecule has 0 saturated carbocycles. The number of thiazole rings is 1. The zero-order valence-electron chi connectivity index (χ0n) is 14.2. The van der Waals surface area contributed by atoms with E-state index in [0.29, 0.717) is 23.0 Å². The number of hydrogen-bond acceptors (Lipinski definition) is 4. The van der Waals surface area contributed by atoms with Crippen molar-refractivity contribution in [1.29, 1.82) is 0 Å². The second-order valence-electron chi connectivity index (χ2n) is 6.20. The minimum Gasteiger partial charge on any atom is -0.348 e. The van der Waals surface area contributed by atoms with E-state index in [4.69, 9.17) is 11.6 Å². The number of likely N-dealkylation sites (tertiary alicyclic amines) is 1. The predicted octanol–water partition coefficient (Wildman–Crippen LogP) is 3.51. The number of amides is 2. The van der Waals surface area contributed by atoms with Crippen molar-refractivity contribution in [3.63, 3.8) is 0 Å². The van der Waals surface area contributed by atoms with Gasteiger partial charge in [0.05, 0.1) is 5.69 Å². The lowest BCUT2D eigenvalue weighted by molar-refractivity contribution is -0.129. The second kappa shape index (κ2) is 7.54. The van der Waals surface area contributed by atoms with Gasteiger partial charge in [-0.3, -0.25) is 9.59 Å². The van der Waals surface area contributed by atoms with E-state index < -0.39 is 0 Å². The molecular formula is C18H20ClN3O2S. The molecule has 1 aliphatic heterocycles. The number of aryl methyl sites for hydroxylation is 1. The first kappa shape index (κ1) is 17.9. The average molecular weight is 378 g/mol. The number of nitrogens with one attached hydrogen (secondary N) is 1. The van der Waals surface area contributed by atoms with Gasteiger partial charge in [-0.1, -0.05) is 23.7 Å². The fourth-order valence-electron chi connectivity index (χ4n) is 2.94. The summed E-state index contributed by atoms with van der Waals surface area (Å²) in [5.74, 6) is -0.00112. The molecule has 2 amide bonds. The van der Waals surface area contributed by atoms with Crippen LogP contribution in [0.15, 0.2) is 24.3 Å². The highest BCUT2D eigenvalue weighted by Gasteiger charge is 2.24. The van der Waals surface area contributed by atoms with Crippen LogP contribution in [0.2, 0.25) is 5.02 Å². The number of rotatable bonds is 3. The molecule has 0 unspecified atom stereocenters. The van der Waals surface area contributed by atoms with E-state index >= 15 is 0 Å². The maximum absolute atomic E-state index is 12.6.